The van der Waals surface area contributed by atoms with Crippen LogP contribution in [0.25, 0.3) is 10.9 Å². The van der Waals surface area contributed by atoms with E-state index in [9.17, 15) is 28.4 Å². The van der Waals surface area contributed by atoms with Gasteiger partial charge in [-0.05, 0) is 29.3 Å². The second kappa shape index (κ2) is 9.86. The van der Waals surface area contributed by atoms with E-state index in [1.807, 2.05) is 42.5 Å². The number of carbonyl (C=O) groups is 3. The molecule has 3 aromatic carbocycles. The Bertz CT molecular complexity index is 1750. The van der Waals surface area contributed by atoms with Crippen LogP contribution in [-0.4, -0.2) is 58.2 Å². The molecule has 0 radical (unpaired) electrons. The summed E-state index contributed by atoms with van der Waals surface area (Å²) in [5.74, 6) is -2.97. The lowest BCUT2D eigenvalue weighted by Crippen LogP contribution is -2.52. The number of nitriles is 1. The molecule has 8 nitrogen and oxygen atoms in total. The number of carbonyl (C=O) groups excluding carboxylic acids is 3. The normalized spacial score (nSPS) is 20.1. The molecule has 3 amide bonds. The molecule has 0 bridgehead atoms. The van der Waals surface area contributed by atoms with Crippen molar-refractivity contribution >= 4 is 34.3 Å². The maximum absolute atomic E-state index is 14.4. The highest BCUT2D eigenvalue weighted by atomic mass is 19.1. The summed E-state index contributed by atoms with van der Waals surface area (Å²) in [5, 5.41) is 13.0. The van der Waals surface area contributed by atoms with Gasteiger partial charge in [0.25, 0.3) is 5.91 Å². The molecule has 1 saturated heterocycles. The Hall–Kier alpha value is -5.04. The molecule has 10 heteroatoms. The maximum atomic E-state index is 14.4. The number of fused-ring (bicyclic) bond motifs is 3. The molecule has 6 rings (SSSR count). The Morgan fingerprint density at radius 3 is 2.61 bits per heavy atom. The highest BCUT2D eigenvalue weighted by molar-refractivity contribution is 6.07. The molecule has 1 aromatic heterocycles. The Kier molecular flexibility index (Phi) is 6.30. The minimum absolute atomic E-state index is 0.0168. The molecule has 4 aromatic rings. The molecule has 2 aliphatic rings. The van der Waals surface area contributed by atoms with Crippen LogP contribution in [0.1, 0.15) is 28.0 Å². The lowest BCUT2D eigenvalue weighted by Gasteiger charge is -2.32. The lowest BCUT2D eigenvalue weighted by molar-refractivity contribution is -0.136. The van der Waals surface area contributed by atoms with Crippen LogP contribution in [0.2, 0.25) is 0 Å². The van der Waals surface area contributed by atoms with Crippen molar-refractivity contribution in [3.63, 3.8) is 0 Å². The number of hydrogen-bond acceptors (Lipinski definition) is 4. The van der Waals surface area contributed by atoms with Crippen LogP contribution in [0.3, 0.4) is 0 Å². The number of anilines is 1. The number of para-hydroxylation sites is 1. The summed E-state index contributed by atoms with van der Waals surface area (Å²) in [5.41, 5.74) is 1.18. The van der Waals surface area contributed by atoms with Crippen molar-refractivity contribution in [2.75, 3.05) is 18.9 Å². The second-order valence-corrected chi connectivity index (χ2v) is 10.6. The molecule has 1 fully saturated rings. The van der Waals surface area contributed by atoms with Crippen LogP contribution in [0.4, 0.5) is 14.5 Å². The first-order valence-electron chi connectivity index (χ1n) is 13.1. The Morgan fingerprint density at radius 2 is 1.85 bits per heavy atom. The first kappa shape index (κ1) is 26.2. The van der Waals surface area contributed by atoms with Gasteiger partial charge >= 0.3 is 0 Å². The molecular formula is C31H25F2N5O3. The van der Waals surface area contributed by atoms with Crippen molar-refractivity contribution in [3.05, 3.63) is 101 Å². The molecule has 1 unspecified atom stereocenters. The number of likely N-dealkylation sites (N-methyl/N-ethyl adjacent to an activating group) is 1. The van der Waals surface area contributed by atoms with Crippen LogP contribution in [0.15, 0.2) is 72.8 Å². The summed E-state index contributed by atoms with van der Waals surface area (Å²) in [6, 6.07) is 19.7. The highest BCUT2D eigenvalue weighted by Gasteiger charge is 2.56. The number of benzene rings is 3. The average Bonchev–Trinajstić information content (AvgIpc) is 3.65. The number of nitrogens with zero attached hydrogens (tertiary/aromatic N) is 3. The van der Waals surface area contributed by atoms with Crippen molar-refractivity contribution in [3.8, 4) is 6.07 Å². The molecule has 3 atom stereocenters. The third kappa shape index (κ3) is 4.30. The van der Waals surface area contributed by atoms with E-state index < -0.39 is 40.9 Å². The van der Waals surface area contributed by atoms with Crippen molar-refractivity contribution in [2.45, 2.75) is 30.3 Å². The van der Waals surface area contributed by atoms with Crippen LogP contribution >= 0.6 is 0 Å². The van der Waals surface area contributed by atoms with Gasteiger partial charge in [-0.1, -0.05) is 48.5 Å². The van der Waals surface area contributed by atoms with Gasteiger partial charge in [-0.2, -0.15) is 5.26 Å². The third-order valence-corrected chi connectivity index (χ3v) is 8.14. The minimum Gasteiger partial charge on any atom is -0.350 e. The summed E-state index contributed by atoms with van der Waals surface area (Å²) in [6.45, 7) is -0.0168. The SMILES string of the molecule is CN(C(=O)c1cc2c(F)cc(F)cc2[nH]1)[C@@H](Cc1ccccc1)C(=O)N1C[C@]2(CC1C#N)C(=O)Nc1ccccc12. The number of nitrogens with one attached hydrogen (secondary N) is 2. The average molecular weight is 554 g/mol. The first-order valence-corrected chi connectivity index (χ1v) is 13.1. The van der Waals surface area contributed by atoms with Gasteiger partial charge in [-0.3, -0.25) is 14.4 Å². The number of aromatic amines is 1. The molecular weight excluding hydrogens is 528 g/mol. The summed E-state index contributed by atoms with van der Waals surface area (Å²) in [7, 11) is 1.46. The van der Waals surface area contributed by atoms with Gasteiger partial charge in [-0.25, -0.2) is 8.78 Å². The van der Waals surface area contributed by atoms with Crippen LogP contribution in [0, 0.1) is 23.0 Å². The van der Waals surface area contributed by atoms with E-state index in [0.717, 1.165) is 23.3 Å². The van der Waals surface area contributed by atoms with Gasteiger partial charge in [0.2, 0.25) is 11.8 Å². The van der Waals surface area contributed by atoms with Gasteiger partial charge in [0.15, 0.2) is 0 Å². The smallest absolute Gasteiger partial charge is 0.270 e. The number of likely N-dealkylation sites (tertiary alicyclic amines) is 1. The topological polar surface area (TPSA) is 109 Å². The molecule has 3 heterocycles. The van der Waals surface area contributed by atoms with Crippen molar-refractivity contribution in [1.82, 2.24) is 14.8 Å². The zero-order valence-electron chi connectivity index (χ0n) is 22.0. The fourth-order valence-corrected chi connectivity index (χ4v) is 6.01. The quantitative estimate of drug-likeness (QED) is 0.387. The largest absolute Gasteiger partial charge is 0.350 e. The molecule has 206 valence electrons. The fraction of sp³-hybridized carbons (Fsp3) is 0.226. The van der Waals surface area contributed by atoms with Crippen LogP contribution in [-0.2, 0) is 21.4 Å². The second-order valence-electron chi connectivity index (χ2n) is 10.6. The zero-order chi connectivity index (χ0) is 28.9. The van der Waals surface area contributed by atoms with Crippen molar-refractivity contribution in [2.24, 2.45) is 0 Å². The van der Waals surface area contributed by atoms with Gasteiger partial charge < -0.3 is 20.1 Å². The molecule has 41 heavy (non-hydrogen) atoms. The van der Waals surface area contributed by atoms with E-state index in [2.05, 4.69) is 16.4 Å². The molecule has 0 aliphatic carbocycles. The monoisotopic (exact) mass is 553 g/mol. The van der Waals surface area contributed by atoms with E-state index in [0.29, 0.717) is 5.69 Å². The van der Waals surface area contributed by atoms with E-state index in [1.54, 1.807) is 12.1 Å². The molecule has 0 saturated carbocycles. The minimum atomic E-state index is -1.08. The molecule has 2 N–H and O–H groups in total. The number of H-pyrrole nitrogens is 1. The highest BCUT2D eigenvalue weighted by Crippen LogP contribution is 2.46. The predicted molar refractivity (Wildman–Crippen MR) is 147 cm³/mol. The van der Waals surface area contributed by atoms with E-state index in [1.165, 1.54) is 22.9 Å². The van der Waals surface area contributed by atoms with Crippen LogP contribution < -0.4 is 5.32 Å². The summed E-state index contributed by atoms with van der Waals surface area (Å²) in [4.78, 5) is 46.5. The van der Waals surface area contributed by atoms with Gasteiger partial charge in [0, 0.05) is 43.6 Å². The van der Waals surface area contributed by atoms with Gasteiger partial charge in [-0.15, -0.1) is 0 Å². The molecule has 2 aliphatic heterocycles. The standard InChI is InChI=1S/C31H25F2N5O3/c1-37(28(39)26-14-21-23(33)12-19(32)13-25(21)35-26)27(11-18-7-3-2-4-8-18)29(40)38-17-31(15-20(38)16-34)22-9-5-6-10-24(22)36-30(31)41/h2-10,12-14,20,27,35H,11,15,17H2,1H3,(H,36,41)/t20?,27-,31-/m0/s1. The van der Waals surface area contributed by atoms with E-state index >= 15 is 0 Å². The van der Waals surface area contributed by atoms with E-state index in [4.69, 9.17) is 0 Å². The summed E-state index contributed by atoms with van der Waals surface area (Å²) in [6.07, 6.45) is 0.260. The van der Waals surface area contributed by atoms with E-state index in [-0.39, 0.29) is 41.9 Å². The molecule has 1 spiro atoms. The van der Waals surface area contributed by atoms with Crippen LogP contribution in [0.5, 0.6) is 0 Å². The number of amides is 3. The summed E-state index contributed by atoms with van der Waals surface area (Å²) < 4.78 is 28.1. The Balaban J connectivity index is 1.36. The fourth-order valence-electron chi connectivity index (χ4n) is 6.01. The maximum Gasteiger partial charge on any atom is 0.270 e. The number of aromatic nitrogens is 1. The lowest BCUT2D eigenvalue weighted by atomic mass is 9.80. The Labute approximate surface area is 234 Å². The Morgan fingerprint density at radius 1 is 1.12 bits per heavy atom. The zero-order valence-corrected chi connectivity index (χ0v) is 22.0. The first-order chi connectivity index (χ1) is 19.7. The number of halogens is 2. The summed E-state index contributed by atoms with van der Waals surface area (Å²) >= 11 is 0. The van der Waals surface area contributed by atoms with Gasteiger partial charge in [0.1, 0.15) is 29.4 Å². The number of rotatable bonds is 5. The third-order valence-electron chi connectivity index (χ3n) is 8.14. The number of hydrogen-bond donors (Lipinski definition) is 2. The van der Waals surface area contributed by atoms with Gasteiger partial charge in [0.05, 0.1) is 17.0 Å². The van der Waals surface area contributed by atoms with Crippen molar-refractivity contribution in [1.29, 1.82) is 5.26 Å². The van der Waals surface area contributed by atoms with Crippen molar-refractivity contribution < 1.29 is 23.2 Å². The predicted octanol–water partition coefficient (Wildman–Crippen LogP) is 4.14.